The van der Waals surface area contributed by atoms with Gasteiger partial charge in [0.2, 0.25) is 5.79 Å². The van der Waals surface area contributed by atoms with Gasteiger partial charge in [-0.3, -0.25) is 0 Å². The van der Waals surface area contributed by atoms with E-state index in [4.69, 9.17) is 18.9 Å². The minimum Gasteiger partial charge on any atom is -0.493 e. The third-order valence-corrected chi connectivity index (χ3v) is 5.93. The molecule has 2 atom stereocenters. The first kappa shape index (κ1) is 16.6. The van der Waals surface area contributed by atoms with Gasteiger partial charge < -0.3 is 24.3 Å². The van der Waals surface area contributed by atoms with Crippen LogP contribution in [-0.4, -0.2) is 46.8 Å². The fourth-order valence-electron chi connectivity index (χ4n) is 4.69. The maximum absolute atomic E-state index is 6.54. The number of hydrogen-bond donors (Lipinski definition) is 1. The van der Waals surface area contributed by atoms with Crippen molar-refractivity contribution in [3.63, 3.8) is 0 Å². The predicted octanol–water partition coefficient (Wildman–Crippen LogP) is 2.65. The molecule has 2 aliphatic carbocycles. The molecule has 0 aromatic heterocycles. The summed E-state index contributed by atoms with van der Waals surface area (Å²) in [4.78, 5) is 0. The van der Waals surface area contributed by atoms with Gasteiger partial charge in [-0.25, -0.2) is 0 Å². The van der Waals surface area contributed by atoms with Crippen LogP contribution in [0.2, 0.25) is 0 Å². The van der Waals surface area contributed by atoms with Gasteiger partial charge in [0.15, 0.2) is 17.6 Å². The highest BCUT2D eigenvalue weighted by Crippen LogP contribution is 2.61. The lowest BCUT2D eigenvalue weighted by Crippen LogP contribution is -2.60. The third kappa shape index (κ3) is 2.00. The fraction of sp³-hybridized carbons (Fsp3) is 0.500. The molecule has 1 aromatic carbocycles. The number of nitrogens with one attached hydrogen (secondary N) is 1. The number of benzene rings is 1. The van der Waals surface area contributed by atoms with Crippen LogP contribution in [0.3, 0.4) is 0 Å². The van der Waals surface area contributed by atoms with Gasteiger partial charge in [-0.1, -0.05) is 24.3 Å². The molecule has 0 amide bonds. The van der Waals surface area contributed by atoms with Crippen LogP contribution in [0.1, 0.15) is 24.0 Å². The highest BCUT2D eigenvalue weighted by molar-refractivity contribution is 5.75. The van der Waals surface area contributed by atoms with Crippen LogP contribution in [0, 0.1) is 0 Å². The monoisotopic (exact) mass is 343 g/mol. The first-order chi connectivity index (χ1) is 12.2. The summed E-state index contributed by atoms with van der Waals surface area (Å²) in [5.41, 5.74) is 3.34. The van der Waals surface area contributed by atoms with Crippen LogP contribution in [-0.2, 0) is 14.9 Å². The van der Waals surface area contributed by atoms with Crippen molar-refractivity contribution in [2.45, 2.75) is 30.1 Å². The van der Waals surface area contributed by atoms with Crippen LogP contribution in [0.15, 0.2) is 29.9 Å². The quantitative estimate of drug-likeness (QED) is 0.805. The molecule has 0 saturated heterocycles. The van der Waals surface area contributed by atoms with Crippen molar-refractivity contribution < 1.29 is 18.9 Å². The Hall–Kier alpha value is -1.82. The van der Waals surface area contributed by atoms with Gasteiger partial charge in [0.05, 0.1) is 12.5 Å². The van der Waals surface area contributed by atoms with Crippen LogP contribution in [0.25, 0.3) is 6.08 Å². The van der Waals surface area contributed by atoms with Crippen LogP contribution < -0.4 is 14.8 Å². The predicted molar refractivity (Wildman–Crippen MR) is 96.1 cm³/mol. The lowest BCUT2D eigenvalue weighted by molar-refractivity contribution is -0.261. The Morgan fingerprint density at radius 1 is 1.20 bits per heavy atom. The average Bonchev–Trinajstić information content (AvgIpc) is 3.02. The van der Waals surface area contributed by atoms with E-state index >= 15 is 0 Å². The molecule has 25 heavy (non-hydrogen) atoms. The molecule has 5 heteroatoms. The number of allylic oxidation sites excluding steroid dienone is 1. The van der Waals surface area contributed by atoms with Gasteiger partial charge in [-0.05, 0) is 37.2 Å². The van der Waals surface area contributed by atoms with E-state index in [0.29, 0.717) is 6.42 Å². The van der Waals surface area contributed by atoms with E-state index in [1.165, 1.54) is 16.7 Å². The number of ether oxygens (including phenoxy) is 4. The van der Waals surface area contributed by atoms with Gasteiger partial charge >= 0.3 is 0 Å². The molecule has 1 aromatic rings. The number of hydrogen-bond acceptors (Lipinski definition) is 5. The second-order valence-corrected chi connectivity index (χ2v) is 6.80. The highest BCUT2D eigenvalue weighted by atomic mass is 16.7. The molecule has 0 bridgehead atoms. The molecule has 3 aliphatic rings. The van der Waals surface area contributed by atoms with Gasteiger partial charge in [0.25, 0.3) is 0 Å². The Morgan fingerprint density at radius 3 is 2.68 bits per heavy atom. The second-order valence-electron chi connectivity index (χ2n) is 6.80. The molecule has 134 valence electrons. The zero-order chi connectivity index (χ0) is 17.7. The third-order valence-electron chi connectivity index (χ3n) is 5.93. The van der Waals surface area contributed by atoms with Gasteiger partial charge in [-0.15, -0.1) is 0 Å². The molecule has 0 saturated carbocycles. The van der Waals surface area contributed by atoms with E-state index in [9.17, 15) is 0 Å². The van der Waals surface area contributed by atoms with E-state index in [1.807, 2.05) is 13.1 Å². The summed E-state index contributed by atoms with van der Waals surface area (Å²) in [6, 6.07) is 4.07. The summed E-state index contributed by atoms with van der Waals surface area (Å²) >= 11 is 0. The summed E-state index contributed by atoms with van der Waals surface area (Å²) in [7, 11) is 7.04. The average molecular weight is 343 g/mol. The fourth-order valence-corrected chi connectivity index (χ4v) is 4.69. The van der Waals surface area contributed by atoms with Gasteiger partial charge in [0, 0.05) is 26.2 Å². The van der Waals surface area contributed by atoms with E-state index in [-0.39, 0.29) is 11.5 Å². The molecule has 0 radical (unpaired) electrons. The van der Waals surface area contributed by atoms with E-state index < -0.39 is 5.79 Å². The molecule has 0 fully saturated rings. The highest BCUT2D eigenvalue weighted by Gasteiger charge is 2.64. The minimum absolute atomic E-state index is 0.265. The number of methoxy groups -OCH3 is 3. The Bertz CT molecular complexity index is 750. The summed E-state index contributed by atoms with van der Waals surface area (Å²) in [6.07, 6.45) is 7.89. The van der Waals surface area contributed by atoms with E-state index in [1.54, 1.807) is 21.3 Å². The zero-order valence-corrected chi connectivity index (χ0v) is 15.2. The molecule has 4 rings (SSSR count). The first-order valence-corrected chi connectivity index (χ1v) is 8.68. The lowest BCUT2D eigenvalue weighted by Gasteiger charge is -2.49. The Balaban J connectivity index is 2.00. The van der Waals surface area contributed by atoms with Crippen LogP contribution in [0.4, 0.5) is 0 Å². The molecule has 5 nitrogen and oxygen atoms in total. The molecular weight excluding hydrogens is 318 g/mol. The first-order valence-electron chi connectivity index (χ1n) is 8.68. The van der Waals surface area contributed by atoms with Crippen molar-refractivity contribution in [1.82, 2.24) is 5.32 Å². The standard InChI is InChI=1S/C20H25NO4/c1-21-12-11-19-14-7-5-13-6-8-15(22-2)17(16(13)19)25-18(19)20(23-3,24-4)10-9-14/h5-9,18,21H,10-12H2,1-4H3/t18-,19+/m1/s1. The van der Waals surface area contributed by atoms with Crippen molar-refractivity contribution in [3.8, 4) is 11.5 Å². The van der Waals surface area contributed by atoms with Crippen molar-refractivity contribution in [2.24, 2.45) is 0 Å². The van der Waals surface area contributed by atoms with Crippen molar-refractivity contribution in [1.29, 1.82) is 0 Å². The van der Waals surface area contributed by atoms with Gasteiger partial charge in [0.1, 0.15) is 0 Å². The molecule has 0 spiro atoms. The topological polar surface area (TPSA) is 49.0 Å². The van der Waals surface area contributed by atoms with Crippen molar-refractivity contribution in [3.05, 3.63) is 41.0 Å². The van der Waals surface area contributed by atoms with Gasteiger partial charge in [-0.2, -0.15) is 0 Å². The molecule has 1 N–H and O–H groups in total. The van der Waals surface area contributed by atoms with E-state index in [2.05, 4.69) is 29.6 Å². The summed E-state index contributed by atoms with van der Waals surface area (Å²) < 4.78 is 23.9. The number of rotatable bonds is 6. The summed E-state index contributed by atoms with van der Waals surface area (Å²) in [5.74, 6) is 0.758. The normalized spacial score (nSPS) is 27.5. The smallest absolute Gasteiger partial charge is 0.210 e. The molecular formula is C20H25NO4. The Kier molecular flexibility index (Phi) is 3.90. The maximum atomic E-state index is 6.54. The Labute approximate surface area is 148 Å². The lowest BCUT2D eigenvalue weighted by atomic mass is 9.60. The Morgan fingerprint density at radius 2 is 2.00 bits per heavy atom. The summed E-state index contributed by atoms with van der Waals surface area (Å²) in [6.45, 7) is 0.866. The minimum atomic E-state index is -0.816. The molecule has 1 aliphatic heterocycles. The van der Waals surface area contributed by atoms with Crippen molar-refractivity contribution >= 4 is 6.08 Å². The SMILES string of the molecule is CNCC[C@@]12C3=CCC(OC)(OC)[C@@H]1Oc1c(OC)ccc(c12)C=C3. The van der Waals surface area contributed by atoms with Crippen LogP contribution >= 0.6 is 0 Å². The molecule has 0 unspecified atom stereocenters. The second kappa shape index (κ2) is 5.87. The molecule has 1 heterocycles. The van der Waals surface area contributed by atoms with E-state index in [0.717, 1.165) is 24.5 Å². The largest absolute Gasteiger partial charge is 0.493 e. The maximum Gasteiger partial charge on any atom is 0.210 e. The summed E-state index contributed by atoms with van der Waals surface area (Å²) in [5, 5.41) is 3.29. The van der Waals surface area contributed by atoms with Crippen LogP contribution in [0.5, 0.6) is 11.5 Å². The van der Waals surface area contributed by atoms with Crippen molar-refractivity contribution in [2.75, 3.05) is 34.9 Å². The zero-order valence-electron chi connectivity index (χ0n) is 15.2.